The van der Waals surface area contributed by atoms with Crippen LogP contribution >= 0.6 is 0 Å². The van der Waals surface area contributed by atoms with Crippen molar-refractivity contribution in [2.24, 2.45) is 5.73 Å². The molecule has 0 aromatic heterocycles. The van der Waals surface area contributed by atoms with Gasteiger partial charge in [0.15, 0.2) is 0 Å². The molecule has 0 radical (unpaired) electrons. The first-order valence-electron chi connectivity index (χ1n) is 11.9. The Morgan fingerprint density at radius 3 is 1.94 bits per heavy atom. The Kier molecular flexibility index (Phi) is 8.10. The number of fused-ring (bicyclic) bond motifs is 2. The van der Waals surface area contributed by atoms with E-state index in [9.17, 15) is 24.4 Å². The number of amides is 2. The predicted octanol–water partition coefficient (Wildman–Crippen LogP) is -0.233. The maximum Gasteiger partial charge on any atom is 0.491 e. The summed E-state index contributed by atoms with van der Waals surface area (Å²) in [6.07, 6.45) is 4.86. The van der Waals surface area contributed by atoms with E-state index in [1.165, 1.54) is 4.90 Å². The summed E-state index contributed by atoms with van der Waals surface area (Å²) in [6.45, 7) is 0.418. The highest BCUT2D eigenvalue weighted by molar-refractivity contribution is 6.62. The maximum absolute atomic E-state index is 12.8. The molecule has 5 N–H and O–H groups in total. The van der Waals surface area contributed by atoms with Crippen molar-refractivity contribution in [2.45, 2.75) is 51.4 Å². The lowest BCUT2D eigenvalue weighted by molar-refractivity contribution is -0.138. The molecular formula is C24H28B2N2O8. The van der Waals surface area contributed by atoms with Crippen LogP contribution in [0.2, 0.25) is 0 Å². The summed E-state index contributed by atoms with van der Waals surface area (Å²) in [5.41, 5.74) is 8.87. The molecule has 2 aliphatic heterocycles. The molecule has 12 heteroatoms. The Labute approximate surface area is 209 Å². The minimum Gasteiger partial charge on any atom is -0.480 e. The van der Waals surface area contributed by atoms with Crippen LogP contribution in [-0.4, -0.2) is 64.7 Å². The molecule has 1 fully saturated rings. The summed E-state index contributed by atoms with van der Waals surface area (Å²) in [4.78, 5) is 36.3. The minimum absolute atomic E-state index is 0.0261. The molecule has 36 heavy (non-hydrogen) atoms. The molecule has 3 aliphatic rings. The van der Waals surface area contributed by atoms with E-state index in [1.54, 1.807) is 36.4 Å². The maximum atomic E-state index is 12.8. The van der Waals surface area contributed by atoms with Gasteiger partial charge in [-0.2, -0.15) is 0 Å². The van der Waals surface area contributed by atoms with Crippen LogP contribution in [0, 0.1) is 0 Å². The zero-order valence-electron chi connectivity index (χ0n) is 19.8. The largest absolute Gasteiger partial charge is 0.491 e. The summed E-state index contributed by atoms with van der Waals surface area (Å²) in [6, 6.07) is 9.97. The summed E-state index contributed by atoms with van der Waals surface area (Å²) in [5, 5.41) is 28.2. The number of hydrogen-bond donors (Lipinski definition) is 4. The molecule has 2 aromatic carbocycles. The van der Waals surface area contributed by atoms with Crippen molar-refractivity contribution in [1.82, 2.24) is 4.90 Å². The van der Waals surface area contributed by atoms with E-state index in [1.807, 2.05) is 0 Å². The number of carboxylic acid groups (broad SMARTS) is 1. The number of carbonyl (C=O) groups is 3. The molecule has 10 nitrogen and oxygen atoms in total. The van der Waals surface area contributed by atoms with Crippen LogP contribution in [0.4, 0.5) is 0 Å². The Morgan fingerprint density at radius 2 is 1.42 bits per heavy atom. The number of nitrogens with two attached hydrogens (primary N) is 1. The lowest BCUT2D eigenvalue weighted by Crippen LogP contribution is -2.44. The summed E-state index contributed by atoms with van der Waals surface area (Å²) >= 11 is 0. The Hall–Kier alpha value is -3.18. The number of benzene rings is 2. The van der Waals surface area contributed by atoms with Crippen molar-refractivity contribution in [3.05, 3.63) is 58.7 Å². The molecule has 2 aromatic rings. The first-order valence-corrected chi connectivity index (χ1v) is 11.9. The third-order valence-corrected chi connectivity index (χ3v) is 6.73. The molecule has 0 spiro atoms. The van der Waals surface area contributed by atoms with Crippen LogP contribution in [0.15, 0.2) is 36.4 Å². The van der Waals surface area contributed by atoms with Crippen molar-refractivity contribution in [1.29, 1.82) is 0 Å². The number of carbonyl (C=O) groups excluding carboxylic acids is 2. The van der Waals surface area contributed by atoms with E-state index < -0.39 is 26.1 Å². The van der Waals surface area contributed by atoms with Crippen molar-refractivity contribution < 1.29 is 38.8 Å². The summed E-state index contributed by atoms with van der Waals surface area (Å²) < 4.78 is 10.1. The van der Waals surface area contributed by atoms with Crippen molar-refractivity contribution >= 4 is 42.9 Å². The highest BCUT2D eigenvalue weighted by Crippen LogP contribution is 2.24. The van der Waals surface area contributed by atoms with Gasteiger partial charge in [-0.3, -0.25) is 14.4 Å². The Morgan fingerprint density at radius 1 is 0.889 bits per heavy atom. The third kappa shape index (κ3) is 5.79. The second-order valence-corrected chi connectivity index (χ2v) is 9.14. The predicted molar refractivity (Wildman–Crippen MR) is 132 cm³/mol. The second-order valence-electron chi connectivity index (χ2n) is 9.14. The van der Waals surface area contributed by atoms with E-state index in [-0.39, 0.29) is 18.5 Å². The Balaban J connectivity index is 0.000000197. The number of carboxylic acids is 1. The summed E-state index contributed by atoms with van der Waals surface area (Å²) in [7, 11) is -1.94. The molecule has 0 atom stereocenters. The first-order chi connectivity index (χ1) is 17.2. The van der Waals surface area contributed by atoms with Gasteiger partial charge in [0, 0.05) is 17.2 Å². The molecule has 0 unspecified atom stereocenters. The van der Waals surface area contributed by atoms with Gasteiger partial charge in [-0.1, -0.05) is 31.4 Å². The topological polar surface area (TPSA) is 160 Å². The lowest BCUT2D eigenvalue weighted by atomic mass is 9.78. The normalized spacial score (nSPS) is 16.6. The van der Waals surface area contributed by atoms with Gasteiger partial charge < -0.3 is 35.1 Å². The molecule has 2 heterocycles. The fourth-order valence-electron chi connectivity index (χ4n) is 4.79. The number of nitrogens with zero attached hydrogens (tertiary/aromatic N) is 1. The average Bonchev–Trinajstić information content (AvgIpc) is 3.44. The van der Waals surface area contributed by atoms with Crippen LogP contribution < -0.4 is 16.7 Å². The number of rotatable bonds is 5. The third-order valence-electron chi connectivity index (χ3n) is 6.73. The van der Waals surface area contributed by atoms with Crippen molar-refractivity contribution in [2.75, 3.05) is 6.54 Å². The lowest BCUT2D eigenvalue weighted by Gasteiger charge is -2.33. The molecule has 1 aliphatic carbocycles. The van der Waals surface area contributed by atoms with Crippen LogP contribution in [0.1, 0.15) is 63.9 Å². The van der Waals surface area contributed by atoms with E-state index in [2.05, 4.69) is 0 Å². The van der Waals surface area contributed by atoms with Crippen LogP contribution in [0.3, 0.4) is 0 Å². The van der Waals surface area contributed by atoms with Crippen LogP contribution in [-0.2, 0) is 27.3 Å². The smallest absolute Gasteiger partial charge is 0.480 e. The van der Waals surface area contributed by atoms with Gasteiger partial charge >= 0.3 is 20.2 Å². The molecule has 0 saturated heterocycles. The summed E-state index contributed by atoms with van der Waals surface area (Å²) in [5.74, 6) is -1.79. The fraction of sp³-hybridized carbons (Fsp3) is 0.375. The van der Waals surface area contributed by atoms with Crippen molar-refractivity contribution in [3.63, 3.8) is 0 Å². The highest BCUT2D eigenvalue weighted by Gasteiger charge is 2.32. The van der Waals surface area contributed by atoms with Gasteiger partial charge in [0.2, 0.25) is 5.91 Å². The molecule has 1 saturated carbocycles. The van der Waals surface area contributed by atoms with Crippen LogP contribution in [0.5, 0.6) is 0 Å². The van der Waals surface area contributed by atoms with Gasteiger partial charge in [0.1, 0.15) is 6.54 Å². The van der Waals surface area contributed by atoms with Crippen LogP contribution in [0.25, 0.3) is 0 Å². The molecule has 0 bridgehead atoms. The SMILES string of the molecule is NC(=O)c1ccc2c(c1)B(O)OC2.O=C(O)CN(C(=O)c1ccc2c(c1)B(O)OC2)C1CCCCC1. The average molecular weight is 494 g/mol. The van der Waals surface area contributed by atoms with Gasteiger partial charge in [0.05, 0.1) is 13.2 Å². The zero-order valence-corrected chi connectivity index (χ0v) is 19.8. The first kappa shape index (κ1) is 25.9. The van der Waals surface area contributed by atoms with E-state index in [0.717, 1.165) is 43.2 Å². The van der Waals surface area contributed by atoms with Gasteiger partial charge in [-0.25, -0.2) is 0 Å². The molecule has 5 rings (SSSR count). The monoisotopic (exact) mass is 494 g/mol. The van der Waals surface area contributed by atoms with Crippen molar-refractivity contribution in [3.8, 4) is 0 Å². The van der Waals surface area contributed by atoms with E-state index >= 15 is 0 Å². The van der Waals surface area contributed by atoms with E-state index in [4.69, 9.17) is 20.1 Å². The number of primary amides is 1. The fourth-order valence-corrected chi connectivity index (χ4v) is 4.79. The van der Waals surface area contributed by atoms with Gasteiger partial charge in [0.25, 0.3) is 5.91 Å². The minimum atomic E-state index is -1.01. The number of hydrogen-bond acceptors (Lipinski definition) is 7. The van der Waals surface area contributed by atoms with Gasteiger partial charge in [-0.05, 0) is 59.2 Å². The molecule has 2 amide bonds. The zero-order chi connectivity index (χ0) is 25.8. The Bertz CT molecular complexity index is 1150. The molecule has 188 valence electrons. The van der Waals surface area contributed by atoms with Gasteiger partial charge in [-0.15, -0.1) is 0 Å². The second kappa shape index (κ2) is 11.3. The highest BCUT2D eigenvalue weighted by atomic mass is 16.5. The quantitative estimate of drug-likeness (QED) is 0.415. The molecular weight excluding hydrogens is 466 g/mol. The van der Waals surface area contributed by atoms with E-state index in [0.29, 0.717) is 35.3 Å². The standard InChI is InChI=1S/C16H20BNO5.C8H8BNO3/c19-15(20)9-18(13-4-2-1-3-5-13)16(21)11-6-7-12-10-23-17(22)14(12)8-11;10-8(11)5-1-2-6-4-13-9(12)7(6)3-5/h6-8,13,22H,1-5,9-10H2,(H,19,20);1-3,12H,4H2,(H2,10,11). The number of aliphatic carboxylic acids is 1.